The summed E-state index contributed by atoms with van der Waals surface area (Å²) in [5.41, 5.74) is -0.00325. The molecular weight excluding hydrogens is 278 g/mol. The molecule has 1 aliphatic rings. The van der Waals surface area contributed by atoms with Crippen molar-refractivity contribution in [3.05, 3.63) is 48.0 Å². The molecule has 0 bridgehead atoms. The van der Waals surface area contributed by atoms with Crippen LogP contribution in [-0.4, -0.2) is 28.7 Å². The molecule has 2 aromatic carbocycles. The predicted molar refractivity (Wildman–Crippen MR) is 85.6 cm³/mol. The molecule has 112 valence electrons. The second kappa shape index (κ2) is 5.26. The number of nitrogens with one attached hydrogen (secondary N) is 1. The van der Waals surface area contributed by atoms with Crippen LogP contribution in [0.15, 0.2) is 47.6 Å². The molecule has 0 aromatic heterocycles. The Morgan fingerprint density at radius 3 is 2.64 bits per heavy atom. The standard InChI is InChI=1S/C17H17N3O2/c1-3-17(2)15(21)20(16(22)19-17)18-11-13-9-6-8-12-7-4-5-10-14(12)13/h4-11H,3H2,1-2H3,(H,19,22)/b18-11+. The van der Waals surface area contributed by atoms with Gasteiger partial charge >= 0.3 is 6.03 Å². The molecule has 2 aromatic rings. The lowest BCUT2D eigenvalue weighted by atomic mass is 10.00. The van der Waals surface area contributed by atoms with Gasteiger partial charge in [0.25, 0.3) is 5.91 Å². The highest BCUT2D eigenvalue weighted by Gasteiger charge is 2.46. The monoisotopic (exact) mass is 295 g/mol. The van der Waals surface area contributed by atoms with E-state index < -0.39 is 11.6 Å². The highest BCUT2D eigenvalue weighted by atomic mass is 16.2. The number of hydrogen-bond donors (Lipinski definition) is 1. The minimum Gasteiger partial charge on any atom is -0.322 e. The van der Waals surface area contributed by atoms with E-state index in [-0.39, 0.29) is 5.91 Å². The Bertz CT molecular complexity index is 779. The summed E-state index contributed by atoms with van der Waals surface area (Å²) in [4.78, 5) is 24.2. The SMILES string of the molecule is CCC1(C)NC(=O)N(/N=C/c2cccc3ccccc23)C1=O. The minimum absolute atomic E-state index is 0.323. The van der Waals surface area contributed by atoms with Gasteiger partial charge in [-0.1, -0.05) is 49.4 Å². The number of fused-ring (bicyclic) bond motifs is 1. The molecule has 1 heterocycles. The fourth-order valence-electron chi connectivity index (χ4n) is 2.50. The van der Waals surface area contributed by atoms with Gasteiger partial charge in [0.1, 0.15) is 5.54 Å². The molecule has 1 N–H and O–H groups in total. The molecule has 0 radical (unpaired) electrons. The number of rotatable bonds is 3. The van der Waals surface area contributed by atoms with Gasteiger partial charge in [0, 0.05) is 5.56 Å². The van der Waals surface area contributed by atoms with E-state index in [9.17, 15) is 9.59 Å². The third-order valence-electron chi connectivity index (χ3n) is 4.08. The van der Waals surface area contributed by atoms with Crippen LogP contribution in [0.1, 0.15) is 25.8 Å². The maximum Gasteiger partial charge on any atom is 0.346 e. The first kappa shape index (κ1) is 14.3. The Kier molecular flexibility index (Phi) is 3.41. The predicted octanol–water partition coefficient (Wildman–Crippen LogP) is 2.89. The van der Waals surface area contributed by atoms with Crippen molar-refractivity contribution in [1.29, 1.82) is 0 Å². The van der Waals surface area contributed by atoms with Crippen molar-refractivity contribution >= 4 is 28.9 Å². The van der Waals surface area contributed by atoms with Crippen LogP contribution in [0.3, 0.4) is 0 Å². The quantitative estimate of drug-likeness (QED) is 0.699. The molecule has 0 saturated carbocycles. The maximum absolute atomic E-state index is 12.3. The fourth-order valence-corrected chi connectivity index (χ4v) is 2.50. The van der Waals surface area contributed by atoms with Gasteiger partial charge in [-0.2, -0.15) is 5.10 Å². The first-order valence-corrected chi connectivity index (χ1v) is 7.23. The van der Waals surface area contributed by atoms with E-state index in [1.54, 1.807) is 13.1 Å². The number of carbonyl (C=O) groups excluding carboxylic acids is 2. The van der Waals surface area contributed by atoms with E-state index >= 15 is 0 Å². The van der Waals surface area contributed by atoms with Gasteiger partial charge in [-0.25, -0.2) is 4.79 Å². The van der Waals surface area contributed by atoms with E-state index in [1.807, 2.05) is 49.4 Å². The number of amides is 3. The molecule has 0 aliphatic carbocycles. The average molecular weight is 295 g/mol. The van der Waals surface area contributed by atoms with Crippen molar-refractivity contribution in [2.75, 3.05) is 0 Å². The molecule has 1 saturated heterocycles. The summed E-state index contributed by atoms with van der Waals surface area (Å²) in [7, 11) is 0. The Labute approximate surface area is 128 Å². The Hall–Kier alpha value is -2.69. The number of hydrazone groups is 1. The third kappa shape index (κ3) is 2.24. The topological polar surface area (TPSA) is 61.8 Å². The summed E-state index contributed by atoms with van der Waals surface area (Å²) in [5.74, 6) is -0.323. The molecule has 0 spiro atoms. The van der Waals surface area contributed by atoms with Crippen LogP contribution in [0, 0.1) is 0 Å². The number of carbonyl (C=O) groups is 2. The second-order valence-corrected chi connectivity index (χ2v) is 5.55. The highest BCUT2D eigenvalue weighted by Crippen LogP contribution is 2.22. The lowest BCUT2D eigenvalue weighted by Crippen LogP contribution is -2.42. The summed E-state index contributed by atoms with van der Waals surface area (Å²) >= 11 is 0. The van der Waals surface area contributed by atoms with Gasteiger partial charge < -0.3 is 5.32 Å². The van der Waals surface area contributed by atoms with Gasteiger partial charge in [0.2, 0.25) is 0 Å². The molecule has 1 fully saturated rings. The van der Waals surface area contributed by atoms with E-state index in [1.165, 1.54) is 0 Å². The average Bonchev–Trinajstić information content (AvgIpc) is 2.75. The van der Waals surface area contributed by atoms with Gasteiger partial charge in [-0.05, 0) is 24.1 Å². The third-order valence-corrected chi connectivity index (χ3v) is 4.08. The smallest absolute Gasteiger partial charge is 0.322 e. The molecule has 1 unspecified atom stereocenters. The molecule has 3 rings (SSSR count). The molecule has 5 nitrogen and oxygen atoms in total. The lowest BCUT2D eigenvalue weighted by Gasteiger charge is -2.17. The van der Waals surface area contributed by atoms with Crippen molar-refractivity contribution in [3.63, 3.8) is 0 Å². The van der Waals surface area contributed by atoms with Crippen LogP contribution in [0.4, 0.5) is 4.79 Å². The zero-order chi connectivity index (χ0) is 15.7. The van der Waals surface area contributed by atoms with Crippen molar-refractivity contribution in [2.24, 2.45) is 5.10 Å². The number of nitrogens with zero attached hydrogens (tertiary/aromatic N) is 2. The molecule has 3 amide bonds. The highest BCUT2D eigenvalue weighted by molar-refractivity contribution is 6.08. The van der Waals surface area contributed by atoms with Gasteiger partial charge in [0.05, 0.1) is 6.21 Å². The largest absolute Gasteiger partial charge is 0.346 e. The first-order valence-electron chi connectivity index (χ1n) is 7.23. The molecule has 1 aliphatic heterocycles. The summed E-state index contributed by atoms with van der Waals surface area (Å²) in [6, 6.07) is 13.3. The van der Waals surface area contributed by atoms with Crippen molar-refractivity contribution < 1.29 is 9.59 Å². The summed E-state index contributed by atoms with van der Waals surface area (Å²) in [6.07, 6.45) is 2.08. The van der Waals surface area contributed by atoms with E-state index in [4.69, 9.17) is 0 Å². The Balaban J connectivity index is 1.94. The lowest BCUT2D eigenvalue weighted by molar-refractivity contribution is -0.130. The van der Waals surface area contributed by atoms with Crippen molar-refractivity contribution in [3.8, 4) is 0 Å². The van der Waals surface area contributed by atoms with Crippen molar-refractivity contribution in [2.45, 2.75) is 25.8 Å². The van der Waals surface area contributed by atoms with E-state index in [0.29, 0.717) is 6.42 Å². The van der Waals surface area contributed by atoms with Gasteiger partial charge in [-0.15, -0.1) is 5.01 Å². The second-order valence-electron chi connectivity index (χ2n) is 5.55. The van der Waals surface area contributed by atoms with Gasteiger partial charge in [-0.3, -0.25) is 4.79 Å². The zero-order valence-electron chi connectivity index (χ0n) is 12.5. The molecule has 22 heavy (non-hydrogen) atoms. The van der Waals surface area contributed by atoms with E-state index in [2.05, 4.69) is 10.4 Å². The number of benzene rings is 2. The zero-order valence-corrected chi connectivity index (χ0v) is 12.5. The summed E-state index contributed by atoms with van der Waals surface area (Å²) < 4.78 is 0. The molecule has 1 atom stereocenters. The summed E-state index contributed by atoms with van der Waals surface area (Å²) in [6.45, 7) is 3.57. The summed E-state index contributed by atoms with van der Waals surface area (Å²) in [5, 5.41) is 9.79. The maximum atomic E-state index is 12.3. The number of urea groups is 1. The first-order chi connectivity index (χ1) is 10.5. The Morgan fingerprint density at radius 1 is 1.18 bits per heavy atom. The van der Waals surface area contributed by atoms with Crippen LogP contribution < -0.4 is 5.32 Å². The molecular formula is C17H17N3O2. The van der Waals surface area contributed by atoms with Crippen LogP contribution in [-0.2, 0) is 4.79 Å². The van der Waals surface area contributed by atoms with Crippen LogP contribution in [0.2, 0.25) is 0 Å². The van der Waals surface area contributed by atoms with E-state index in [0.717, 1.165) is 21.3 Å². The minimum atomic E-state index is -0.868. The normalized spacial score (nSPS) is 21.8. The van der Waals surface area contributed by atoms with Crippen LogP contribution in [0.5, 0.6) is 0 Å². The van der Waals surface area contributed by atoms with Crippen LogP contribution in [0.25, 0.3) is 10.8 Å². The van der Waals surface area contributed by atoms with Crippen molar-refractivity contribution in [1.82, 2.24) is 10.3 Å². The Morgan fingerprint density at radius 2 is 1.91 bits per heavy atom. The number of imide groups is 1. The van der Waals surface area contributed by atoms with Gasteiger partial charge in [0.15, 0.2) is 0 Å². The fraction of sp³-hybridized carbons (Fsp3) is 0.235. The number of hydrogen-bond acceptors (Lipinski definition) is 3. The molecule has 5 heteroatoms. The van der Waals surface area contributed by atoms with Crippen LogP contribution >= 0.6 is 0 Å².